The second-order valence-corrected chi connectivity index (χ2v) is 0. The van der Waals surface area contributed by atoms with Crippen LogP contribution in [0.4, 0.5) is 0 Å². The summed E-state index contributed by atoms with van der Waals surface area (Å²) in [7, 11) is 0. The summed E-state index contributed by atoms with van der Waals surface area (Å²) in [6.45, 7) is 0. The Morgan fingerprint density at radius 3 is 0.750 bits per heavy atom. The lowest BCUT2D eigenvalue weighted by Crippen LogP contribution is -0.381. The third-order valence-electron chi connectivity index (χ3n) is 0. The fourth-order valence-electron chi connectivity index (χ4n) is 0. The van der Waals surface area contributed by atoms with Gasteiger partial charge in [0.05, 0.1) is 0 Å². The first-order valence-electron chi connectivity index (χ1n) is 0. The Hall–Kier alpha value is 1.18. The smallest absolute Gasteiger partial charge is 0.0149 e. The summed E-state index contributed by atoms with van der Waals surface area (Å²) in [5.41, 5.74) is 0. The molecule has 0 aliphatic rings. The van der Waals surface area contributed by atoms with Crippen LogP contribution in [0.2, 0.25) is 0 Å². The zero-order valence-electron chi connectivity index (χ0n) is 0.816. The van der Waals surface area contributed by atoms with E-state index in [9.17, 15) is 0 Å². The zero-order valence-corrected chi connectivity index (χ0v) is 4.24. The van der Waals surface area contributed by atoms with Gasteiger partial charge in [0, 0.05) is 0 Å². The predicted molar refractivity (Wildman–Crippen MR) is 38.7 cm³/mol. The van der Waals surface area contributed by atoms with Crippen LogP contribution >= 0.6 is 34.0 Å². The van der Waals surface area contributed by atoms with Gasteiger partial charge in [-0.2, -0.15) is 0 Å². The maximum Gasteiger partial charge on any atom is -0.0149 e. The van der Waals surface area contributed by atoms with Crippen LogP contribution in [0.3, 0.4) is 0 Å². The van der Waals surface area contributed by atoms with Crippen molar-refractivity contribution < 1.29 is 0 Å². The summed E-state index contributed by atoms with van der Waals surface area (Å²) in [6, 6.07) is 0. The first kappa shape index (κ1) is 65.2. The van der Waals surface area contributed by atoms with Gasteiger partial charge in [0.2, 0.25) is 0 Å². The van der Waals surface area contributed by atoms with Crippen molar-refractivity contribution in [3.05, 3.63) is 0 Å². The molecule has 0 spiro atoms. The molecule has 0 radical (unpaired) electrons. The highest BCUT2D eigenvalue weighted by Crippen LogP contribution is 0.847. The fraction of sp³-hybridized carbons (Fsp3) is 1.00. The van der Waals surface area contributed by atoms with Crippen molar-refractivity contribution in [3.8, 4) is 0 Å². The van der Waals surface area contributed by atoms with Gasteiger partial charge in [-0.1, -0.05) is 7.43 Å². The van der Waals surface area contributed by atoms with Gasteiger partial charge >= 0.3 is 0 Å². The molecule has 0 amide bonds. The molecule has 3 heteroatoms. The van der Waals surface area contributed by atoms with Gasteiger partial charge in [-0.05, 0) is 11.0 Å². The maximum atomic E-state index is 0. The second-order valence-electron chi connectivity index (χ2n) is 0. The average molecular weight is 210 g/mol. The first-order valence-corrected chi connectivity index (χ1v) is 0. The second kappa shape index (κ2) is 30.4. The summed E-state index contributed by atoms with van der Waals surface area (Å²) in [5, 5.41) is 0. The molecular weight excluding hydrogens is 200 g/mol. The molecule has 32 valence electrons. The number of halogens is 2. The monoisotopic (exact) mass is 208 g/mol. The van der Waals surface area contributed by atoms with Crippen molar-refractivity contribution in [2.24, 2.45) is 0 Å². The molecule has 0 fully saturated rings. The van der Waals surface area contributed by atoms with E-state index in [1.807, 2.05) is 0 Å². The molecule has 0 heterocycles. The molecule has 0 N–H and O–H groups in total. The largest absolute Gasteiger partial charge is 0.114 e. The normalized spacial score (nSPS) is 0. The van der Waals surface area contributed by atoms with Crippen molar-refractivity contribution in [2.75, 3.05) is 0 Å². The van der Waals surface area contributed by atoms with E-state index in [2.05, 4.69) is 0 Å². The highest BCUT2D eigenvalue weighted by atomic mass is 79.9. The standard InChI is InChI=1S/CH4.2BrH.H4Si/h1H4;2*1H;1H4. The average Bonchev–Trinajstić information content (AvgIpc) is 0. The van der Waals surface area contributed by atoms with E-state index in [1.54, 1.807) is 0 Å². The van der Waals surface area contributed by atoms with Crippen molar-refractivity contribution in [3.63, 3.8) is 0 Å². The van der Waals surface area contributed by atoms with Crippen LogP contribution in [0.5, 0.6) is 0 Å². The van der Waals surface area contributed by atoms with Crippen LogP contribution in [0.1, 0.15) is 7.43 Å². The van der Waals surface area contributed by atoms with Crippen LogP contribution in [-0.2, 0) is 0 Å². The summed E-state index contributed by atoms with van der Waals surface area (Å²) in [4.78, 5) is 0. The van der Waals surface area contributed by atoms with Crippen molar-refractivity contribution in [1.82, 2.24) is 0 Å². The van der Waals surface area contributed by atoms with E-state index in [0.717, 1.165) is 0 Å². The predicted octanol–water partition coefficient (Wildman–Crippen LogP) is 0.340. The molecule has 0 unspecified atom stereocenters. The highest BCUT2D eigenvalue weighted by Gasteiger charge is -0.0148. The summed E-state index contributed by atoms with van der Waals surface area (Å²) in [6.07, 6.45) is 0. The SMILES string of the molecule is Br.Br.C.[SiH4]. The van der Waals surface area contributed by atoms with E-state index in [-0.39, 0.29) is 52.4 Å². The molecule has 0 nitrogen and oxygen atoms in total. The molecule has 0 atom stereocenters. The summed E-state index contributed by atoms with van der Waals surface area (Å²) in [5.74, 6) is 0. The lowest BCUT2D eigenvalue weighted by molar-refractivity contribution is 2.50. The lowest BCUT2D eigenvalue weighted by Gasteiger charge is -0.115. The Kier molecular flexibility index (Phi) is 496. The van der Waals surface area contributed by atoms with Crippen molar-refractivity contribution >= 4 is 44.9 Å². The van der Waals surface area contributed by atoms with E-state index in [4.69, 9.17) is 0 Å². The van der Waals surface area contributed by atoms with E-state index in [0.29, 0.717) is 0 Å². The van der Waals surface area contributed by atoms with Crippen LogP contribution in [0, 0.1) is 0 Å². The Morgan fingerprint density at radius 1 is 0.750 bits per heavy atom. The molecule has 4 heavy (non-hydrogen) atoms. The molecule has 0 rings (SSSR count). The first-order chi connectivity index (χ1) is 0. The van der Waals surface area contributed by atoms with Gasteiger partial charge in [0.1, 0.15) is 0 Å². The molecular formula is CH10Br2Si. The minimum Gasteiger partial charge on any atom is -0.114 e. The fourth-order valence-corrected chi connectivity index (χ4v) is 0. The molecule has 0 aliphatic carbocycles. The minimum absolute atomic E-state index is 0. The zero-order chi connectivity index (χ0) is 0. The summed E-state index contributed by atoms with van der Waals surface area (Å²) >= 11 is 0. The third kappa shape index (κ3) is 10.9. The summed E-state index contributed by atoms with van der Waals surface area (Å²) < 4.78 is 0. The van der Waals surface area contributed by atoms with Crippen LogP contribution < -0.4 is 0 Å². The topological polar surface area (TPSA) is 0 Å². The van der Waals surface area contributed by atoms with Gasteiger partial charge < -0.3 is 0 Å². The molecule has 0 bridgehead atoms. The van der Waals surface area contributed by atoms with Crippen molar-refractivity contribution in [1.29, 1.82) is 0 Å². The van der Waals surface area contributed by atoms with Crippen molar-refractivity contribution in [2.45, 2.75) is 7.43 Å². The van der Waals surface area contributed by atoms with E-state index < -0.39 is 0 Å². The number of hydrogen-bond donors (Lipinski definition) is 0. The van der Waals surface area contributed by atoms with Crippen LogP contribution in [0.15, 0.2) is 0 Å². The molecule has 0 saturated heterocycles. The Labute approximate surface area is 52.5 Å². The molecule has 0 aromatic heterocycles. The van der Waals surface area contributed by atoms with Gasteiger partial charge in [0.25, 0.3) is 0 Å². The number of rotatable bonds is 0. The quantitative estimate of drug-likeness (QED) is 0.505. The van der Waals surface area contributed by atoms with Gasteiger partial charge in [-0.3, -0.25) is 0 Å². The third-order valence-corrected chi connectivity index (χ3v) is 0. The Morgan fingerprint density at radius 2 is 0.750 bits per heavy atom. The van der Waals surface area contributed by atoms with E-state index >= 15 is 0 Å². The van der Waals surface area contributed by atoms with Gasteiger partial charge in [-0.25, -0.2) is 0 Å². The highest BCUT2D eigenvalue weighted by molar-refractivity contribution is 8.93. The van der Waals surface area contributed by atoms with E-state index in [1.165, 1.54) is 0 Å². The number of hydrogen-bond acceptors (Lipinski definition) is 0. The maximum absolute atomic E-state index is 0. The minimum atomic E-state index is 0. The Bertz CT molecular complexity index is 6.00. The molecule has 0 aliphatic heterocycles. The van der Waals surface area contributed by atoms with Gasteiger partial charge in [-0.15, -0.1) is 34.0 Å². The lowest BCUT2D eigenvalue weighted by atomic mass is 12.0. The van der Waals surface area contributed by atoms with Crippen LogP contribution in [0.25, 0.3) is 0 Å². The van der Waals surface area contributed by atoms with Gasteiger partial charge in [0.15, 0.2) is 0 Å². The molecule has 0 aromatic carbocycles. The van der Waals surface area contributed by atoms with Crippen LogP contribution in [-0.4, -0.2) is 11.0 Å². The molecule has 0 aromatic rings. The molecule has 0 saturated carbocycles. The Balaban J connectivity index is 0.